The molecular weight excluding hydrogens is 494 g/mol. The van der Waals surface area contributed by atoms with Crippen molar-refractivity contribution in [2.24, 2.45) is 0 Å². The number of carbonyl (C=O) groups is 4. The molecule has 10 heteroatoms. The van der Waals surface area contributed by atoms with Crippen LogP contribution in [0.2, 0.25) is 0 Å². The Balaban J connectivity index is 3.37. The molecule has 3 amide bonds. The third-order valence-electron chi connectivity index (χ3n) is 5.12. The lowest BCUT2D eigenvalue weighted by molar-refractivity contribution is -0.149. The molecule has 0 bridgehead atoms. The van der Waals surface area contributed by atoms with Crippen molar-refractivity contribution in [1.82, 2.24) is 15.5 Å². The van der Waals surface area contributed by atoms with Gasteiger partial charge in [-0.05, 0) is 72.5 Å². The van der Waals surface area contributed by atoms with E-state index in [4.69, 9.17) is 9.47 Å². The van der Waals surface area contributed by atoms with Crippen LogP contribution in [0.25, 0.3) is 0 Å². The standard InChI is InChI=1S/C27H43N3O6S/c1-9-35-21(31)15-17-28-23(32)22(19-13-11-10-12-14-19)30(26(2,3)4)24(33)20(16-18-37-8)29-25(34)36-27(5,6)7/h10-14,20,22H,9,15-18H2,1-8H3,(H,28,32)(H,29,34). The number of carbonyl (C=O) groups excluding carboxylic acids is 4. The van der Waals surface area contributed by atoms with Gasteiger partial charge in [-0.2, -0.15) is 11.8 Å². The number of hydrogen-bond donors (Lipinski definition) is 2. The summed E-state index contributed by atoms with van der Waals surface area (Å²) in [7, 11) is 0. The number of amides is 3. The molecule has 0 aliphatic heterocycles. The highest BCUT2D eigenvalue weighted by atomic mass is 32.2. The van der Waals surface area contributed by atoms with Gasteiger partial charge >= 0.3 is 12.1 Å². The van der Waals surface area contributed by atoms with Crippen LogP contribution in [0.1, 0.15) is 72.9 Å². The number of esters is 1. The van der Waals surface area contributed by atoms with E-state index in [-0.39, 0.29) is 19.6 Å². The van der Waals surface area contributed by atoms with Gasteiger partial charge in [-0.15, -0.1) is 0 Å². The molecule has 2 atom stereocenters. The van der Waals surface area contributed by atoms with Crippen molar-refractivity contribution >= 4 is 35.6 Å². The zero-order valence-corrected chi connectivity index (χ0v) is 24.2. The molecule has 0 heterocycles. The van der Waals surface area contributed by atoms with Crippen molar-refractivity contribution in [3.05, 3.63) is 35.9 Å². The van der Waals surface area contributed by atoms with Crippen LogP contribution in [-0.4, -0.2) is 71.1 Å². The van der Waals surface area contributed by atoms with Crippen molar-refractivity contribution in [3.63, 3.8) is 0 Å². The second kappa shape index (κ2) is 14.9. The molecule has 0 aliphatic carbocycles. The molecule has 1 rings (SSSR count). The topological polar surface area (TPSA) is 114 Å². The Bertz CT molecular complexity index is 896. The van der Waals surface area contributed by atoms with Gasteiger partial charge in [0.25, 0.3) is 0 Å². The Morgan fingerprint density at radius 1 is 1.03 bits per heavy atom. The third-order valence-corrected chi connectivity index (χ3v) is 5.76. The Hall–Kier alpha value is -2.75. The summed E-state index contributed by atoms with van der Waals surface area (Å²) in [6, 6.07) is 7.08. The van der Waals surface area contributed by atoms with Crippen LogP contribution < -0.4 is 10.6 Å². The van der Waals surface area contributed by atoms with Crippen molar-refractivity contribution in [1.29, 1.82) is 0 Å². The summed E-state index contributed by atoms with van der Waals surface area (Å²) in [5.74, 6) is -0.630. The van der Waals surface area contributed by atoms with Gasteiger partial charge in [-0.25, -0.2) is 4.79 Å². The first kappa shape index (κ1) is 32.3. The highest BCUT2D eigenvalue weighted by Crippen LogP contribution is 2.30. The number of nitrogens with one attached hydrogen (secondary N) is 2. The summed E-state index contributed by atoms with van der Waals surface area (Å²) in [4.78, 5) is 53.5. The molecule has 1 aromatic rings. The van der Waals surface area contributed by atoms with Crippen molar-refractivity contribution in [3.8, 4) is 0 Å². The zero-order chi connectivity index (χ0) is 28.2. The van der Waals surface area contributed by atoms with Crippen LogP contribution >= 0.6 is 11.8 Å². The first-order valence-electron chi connectivity index (χ1n) is 12.5. The maximum absolute atomic E-state index is 14.1. The fourth-order valence-corrected chi connectivity index (χ4v) is 4.10. The maximum atomic E-state index is 14.1. The van der Waals surface area contributed by atoms with Crippen LogP contribution in [0.15, 0.2) is 30.3 Å². The molecule has 2 unspecified atom stereocenters. The van der Waals surface area contributed by atoms with Gasteiger partial charge in [0.15, 0.2) is 0 Å². The average molecular weight is 538 g/mol. The van der Waals surface area contributed by atoms with E-state index in [0.29, 0.717) is 17.7 Å². The van der Waals surface area contributed by atoms with E-state index in [1.807, 2.05) is 33.1 Å². The van der Waals surface area contributed by atoms with E-state index in [1.165, 1.54) is 4.90 Å². The van der Waals surface area contributed by atoms with Crippen LogP contribution in [0.5, 0.6) is 0 Å². The van der Waals surface area contributed by atoms with Crippen molar-refractivity contribution in [2.45, 2.75) is 84.5 Å². The van der Waals surface area contributed by atoms with Gasteiger partial charge in [0.05, 0.1) is 13.0 Å². The first-order valence-corrected chi connectivity index (χ1v) is 13.9. The number of thioether (sulfide) groups is 1. The van der Waals surface area contributed by atoms with E-state index < -0.39 is 47.1 Å². The quantitative estimate of drug-likeness (QED) is 0.386. The summed E-state index contributed by atoms with van der Waals surface area (Å²) in [6.45, 7) is 12.8. The maximum Gasteiger partial charge on any atom is 0.408 e. The molecule has 2 N–H and O–H groups in total. The van der Waals surface area contributed by atoms with Crippen LogP contribution in [-0.2, 0) is 23.9 Å². The smallest absolute Gasteiger partial charge is 0.408 e. The van der Waals surface area contributed by atoms with E-state index >= 15 is 0 Å². The minimum absolute atomic E-state index is 0.0150. The predicted octanol–water partition coefficient (Wildman–Crippen LogP) is 4.07. The minimum atomic E-state index is -0.992. The van der Waals surface area contributed by atoms with Gasteiger partial charge in [0.2, 0.25) is 11.8 Å². The molecule has 0 fully saturated rings. The molecule has 0 saturated heterocycles. The summed E-state index contributed by atoms with van der Waals surface area (Å²) in [5.41, 5.74) is -0.907. The lowest BCUT2D eigenvalue weighted by Gasteiger charge is -2.43. The minimum Gasteiger partial charge on any atom is -0.466 e. The number of alkyl carbamates (subject to hydrolysis) is 1. The molecular formula is C27H43N3O6S. The summed E-state index contributed by atoms with van der Waals surface area (Å²) in [6.07, 6.45) is 1.59. The molecule has 9 nitrogen and oxygen atoms in total. The van der Waals surface area contributed by atoms with Crippen LogP contribution in [0, 0.1) is 0 Å². The van der Waals surface area contributed by atoms with Crippen molar-refractivity contribution in [2.75, 3.05) is 25.2 Å². The Labute approximate surface area is 225 Å². The molecule has 0 saturated carbocycles. The second-order valence-electron chi connectivity index (χ2n) is 10.5. The second-order valence-corrected chi connectivity index (χ2v) is 11.5. The van der Waals surface area contributed by atoms with E-state index in [2.05, 4.69) is 10.6 Å². The predicted molar refractivity (Wildman–Crippen MR) is 146 cm³/mol. The largest absolute Gasteiger partial charge is 0.466 e. The van der Waals surface area contributed by atoms with Gasteiger partial charge in [0, 0.05) is 12.1 Å². The number of ether oxygens (including phenoxy) is 2. The van der Waals surface area contributed by atoms with Crippen LogP contribution in [0.4, 0.5) is 4.79 Å². The Morgan fingerprint density at radius 3 is 2.16 bits per heavy atom. The fourth-order valence-electron chi connectivity index (χ4n) is 3.63. The highest BCUT2D eigenvalue weighted by molar-refractivity contribution is 7.98. The normalized spacial score (nSPS) is 13.2. The van der Waals surface area contributed by atoms with Gasteiger partial charge < -0.3 is 25.0 Å². The first-order chi connectivity index (χ1) is 17.2. The van der Waals surface area contributed by atoms with E-state index in [0.717, 1.165) is 0 Å². The van der Waals surface area contributed by atoms with Crippen LogP contribution in [0.3, 0.4) is 0 Å². The number of hydrogen-bond acceptors (Lipinski definition) is 7. The van der Waals surface area contributed by atoms with Gasteiger partial charge in [-0.3, -0.25) is 14.4 Å². The number of nitrogens with zero attached hydrogens (tertiary/aromatic N) is 1. The van der Waals surface area contributed by atoms with Crippen molar-refractivity contribution < 1.29 is 28.7 Å². The summed E-state index contributed by atoms with van der Waals surface area (Å²) < 4.78 is 10.3. The summed E-state index contributed by atoms with van der Waals surface area (Å²) in [5, 5.41) is 5.50. The monoisotopic (exact) mass is 537 g/mol. The molecule has 1 aromatic carbocycles. The molecule has 37 heavy (non-hydrogen) atoms. The fraction of sp³-hybridized carbons (Fsp3) is 0.630. The zero-order valence-electron chi connectivity index (χ0n) is 23.4. The van der Waals surface area contributed by atoms with Gasteiger partial charge in [0.1, 0.15) is 17.7 Å². The average Bonchev–Trinajstić information content (AvgIpc) is 2.78. The molecule has 0 aliphatic rings. The highest BCUT2D eigenvalue weighted by Gasteiger charge is 2.41. The lowest BCUT2D eigenvalue weighted by Crippen LogP contribution is -2.58. The number of rotatable bonds is 12. The summed E-state index contributed by atoms with van der Waals surface area (Å²) >= 11 is 1.55. The molecule has 0 aromatic heterocycles. The Kier molecular flexibility index (Phi) is 13.0. The SMILES string of the molecule is CCOC(=O)CCNC(=O)C(c1ccccc1)N(C(=O)C(CCSC)NC(=O)OC(C)(C)C)C(C)(C)C. The molecule has 208 valence electrons. The van der Waals surface area contributed by atoms with E-state index in [9.17, 15) is 19.2 Å². The third kappa shape index (κ3) is 11.5. The van der Waals surface area contributed by atoms with E-state index in [1.54, 1.807) is 63.7 Å². The number of benzene rings is 1. The lowest BCUT2D eigenvalue weighted by atomic mass is 9.95. The van der Waals surface area contributed by atoms with Gasteiger partial charge in [-0.1, -0.05) is 30.3 Å². The molecule has 0 radical (unpaired) electrons. The molecule has 0 spiro atoms. The Morgan fingerprint density at radius 2 is 1.65 bits per heavy atom.